The lowest BCUT2D eigenvalue weighted by atomic mass is 10.1. The molecule has 1 aromatic heterocycles. The molecule has 0 bridgehead atoms. The number of carbonyl (C=O) groups excluding carboxylic acids is 1. The van der Waals surface area contributed by atoms with Crippen LogP contribution in [0, 0.1) is 17.2 Å². The topological polar surface area (TPSA) is 53.8 Å². The summed E-state index contributed by atoms with van der Waals surface area (Å²) in [5, 5.41) is 10.5. The summed E-state index contributed by atoms with van der Waals surface area (Å²) in [6.45, 7) is 4.25. The number of aromatic nitrogens is 1. The number of halogens is 1. The molecule has 1 aromatic carbocycles. The number of hydrogen-bond acceptors (Lipinski definition) is 4. The third kappa shape index (κ3) is 5.67. The second-order valence-corrected chi connectivity index (χ2v) is 7.40. The van der Waals surface area contributed by atoms with Gasteiger partial charge in [-0.1, -0.05) is 49.3 Å². The van der Waals surface area contributed by atoms with Crippen LogP contribution >= 0.6 is 23.4 Å². The van der Waals surface area contributed by atoms with E-state index in [1.165, 1.54) is 11.8 Å². The maximum absolute atomic E-state index is 12.2. The van der Waals surface area contributed by atoms with Crippen LogP contribution in [0.4, 0.5) is 0 Å². The maximum Gasteiger partial charge on any atom is 0.147 e. The lowest BCUT2D eigenvalue weighted by molar-refractivity contribution is -0.116. The first-order chi connectivity index (χ1) is 11.5. The highest BCUT2D eigenvalue weighted by Crippen LogP contribution is 2.22. The Kier molecular flexibility index (Phi) is 6.84. The summed E-state index contributed by atoms with van der Waals surface area (Å²) in [5.74, 6) is 0.870. The van der Waals surface area contributed by atoms with Gasteiger partial charge in [0, 0.05) is 17.1 Å². The lowest BCUT2D eigenvalue weighted by Gasteiger charge is -2.08. The molecule has 0 radical (unpaired) electrons. The fourth-order valence-electron chi connectivity index (χ4n) is 2.28. The minimum absolute atomic E-state index is 0.0854. The Morgan fingerprint density at radius 3 is 2.79 bits per heavy atom. The molecule has 1 heterocycles. The predicted molar refractivity (Wildman–Crippen MR) is 98.4 cm³/mol. The van der Waals surface area contributed by atoms with Gasteiger partial charge in [0.2, 0.25) is 0 Å². The van der Waals surface area contributed by atoms with Gasteiger partial charge in [-0.25, -0.2) is 4.98 Å². The molecule has 0 aliphatic carbocycles. The molecule has 0 unspecified atom stereocenters. The van der Waals surface area contributed by atoms with Gasteiger partial charge in [-0.3, -0.25) is 4.79 Å². The molecule has 24 heavy (non-hydrogen) atoms. The molecule has 0 amide bonds. The summed E-state index contributed by atoms with van der Waals surface area (Å²) < 4.78 is 0. The number of ketones is 1. The van der Waals surface area contributed by atoms with Crippen molar-refractivity contribution in [1.82, 2.24) is 4.98 Å². The molecule has 0 spiro atoms. The van der Waals surface area contributed by atoms with Crippen LogP contribution in [-0.2, 0) is 17.6 Å². The summed E-state index contributed by atoms with van der Waals surface area (Å²) in [7, 11) is 0. The quantitative estimate of drug-likeness (QED) is 0.672. The zero-order valence-corrected chi connectivity index (χ0v) is 15.3. The molecule has 0 aliphatic rings. The summed E-state index contributed by atoms with van der Waals surface area (Å²) >= 11 is 7.27. The normalized spacial score (nSPS) is 10.6. The van der Waals surface area contributed by atoms with Gasteiger partial charge in [0.05, 0.1) is 11.3 Å². The maximum atomic E-state index is 12.2. The number of pyridine rings is 1. The zero-order chi connectivity index (χ0) is 17.5. The fraction of sp³-hybridized carbons (Fsp3) is 0.316. The summed E-state index contributed by atoms with van der Waals surface area (Å²) in [6.07, 6.45) is 1.19. The first-order valence-electron chi connectivity index (χ1n) is 7.77. The highest BCUT2D eigenvalue weighted by molar-refractivity contribution is 8.00. The van der Waals surface area contributed by atoms with E-state index < -0.39 is 0 Å². The number of nitriles is 1. The van der Waals surface area contributed by atoms with Crippen molar-refractivity contribution in [3.8, 4) is 6.07 Å². The average Bonchev–Trinajstić information content (AvgIpc) is 2.52. The molecular weight excluding hydrogens is 340 g/mol. The predicted octanol–water partition coefficient (Wildman–Crippen LogP) is 4.71. The van der Waals surface area contributed by atoms with E-state index in [2.05, 4.69) is 24.9 Å². The van der Waals surface area contributed by atoms with E-state index in [1.54, 1.807) is 18.2 Å². The number of thioether (sulfide) groups is 1. The third-order valence-electron chi connectivity index (χ3n) is 3.32. The Bertz CT molecular complexity index is 768. The molecule has 0 atom stereocenters. The number of hydrogen-bond donors (Lipinski definition) is 0. The van der Waals surface area contributed by atoms with Crippen LogP contribution in [0.15, 0.2) is 41.4 Å². The van der Waals surface area contributed by atoms with Gasteiger partial charge < -0.3 is 0 Å². The second kappa shape index (κ2) is 8.86. The minimum atomic E-state index is 0.0854. The summed E-state index contributed by atoms with van der Waals surface area (Å²) in [5.41, 5.74) is 2.37. The highest BCUT2D eigenvalue weighted by atomic mass is 35.5. The first kappa shape index (κ1) is 18.5. The Hall–Kier alpha value is -1.83. The van der Waals surface area contributed by atoms with E-state index >= 15 is 0 Å². The first-order valence-corrected chi connectivity index (χ1v) is 9.13. The number of benzene rings is 1. The zero-order valence-electron chi connectivity index (χ0n) is 13.8. The monoisotopic (exact) mass is 358 g/mol. The lowest BCUT2D eigenvalue weighted by Crippen LogP contribution is -2.07. The van der Waals surface area contributed by atoms with Gasteiger partial charge in [-0.15, -0.1) is 0 Å². The van der Waals surface area contributed by atoms with E-state index in [0.717, 1.165) is 17.7 Å². The van der Waals surface area contributed by atoms with Crippen LogP contribution < -0.4 is 0 Å². The number of nitrogens with zero attached hydrogens (tertiary/aromatic N) is 2. The molecular formula is C19H19ClN2OS. The third-order valence-corrected chi connectivity index (χ3v) is 4.60. The SMILES string of the molecule is CC(C)Cc1ccc(C#N)c(SCC(=O)Cc2cccc(Cl)c2)n1. The highest BCUT2D eigenvalue weighted by Gasteiger charge is 2.11. The van der Waals surface area contributed by atoms with Gasteiger partial charge in [-0.2, -0.15) is 5.26 Å². The number of rotatable bonds is 7. The van der Waals surface area contributed by atoms with Gasteiger partial charge in [0.15, 0.2) is 0 Å². The molecule has 2 rings (SSSR count). The Labute approximate surface area is 152 Å². The van der Waals surface area contributed by atoms with E-state index in [4.69, 9.17) is 11.6 Å². The molecule has 5 heteroatoms. The summed E-state index contributed by atoms with van der Waals surface area (Å²) in [4.78, 5) is 16.7. The van der Waals surface area contributed by atoms with Gasteiger partial charge in [-0.05, 0) is 42.2 Å². The van der Waals surface area contributed by atoms with Crippen LogP contribution in [0.25, 0.3) is 0 Å². The Morgan fingerprint density at radius 1 is 1.33 bits per heavy atom. The van der Waals surface area contributed by atoms with Crippen molar-refractivity contribution in [1.29, 1.82) is 5.26 Å². The minimum Gasteiger partial charge on any atom is -0.298 e. The average molecular weight is 359 g/mol. The standard InChI is InChI=1S/C19H19ClN2OS/c1-13(2)8-17-7-6-15(11-21)19(22-17)24-12-18(23)10-14-4-3-5-16(20)9-14/h3-7,9,13H,8,10,12H2,1-2H3. The van der Waals surface area contributed by atoms with Gasteiger partial charge in [0.1, 0.15) is 16.9 Å². The smallest absolute Gasteiger partial charge is 0.147 e. The molecule has 124 valence electrons. The molecule has 0 saturated carbocycles. The second-order valence-electron chi connectivity index (χ2n) is 6.00. The fourth-order valence-corrected chi connectivity index (χ4v) is 3.34. The van der Waals surface area contributed by atoms with Crippen molar-refractivity contribution < 1.29 is 4.79 Å². The van der Waals surface area contributed by atoms with Crippen LogP contribution in [0.1, 0.15) is 30.7 Å². The van der Waals surface area contributed by atoms with Crippen LogP contribution in [0.5, 0.6) is 0 Å². The molecule has 0 fully saturated rings. The number of Topliss-reactive ketones (excluding diaryl/α,β-unsaturated/α-hetero) is 1. The number of carbonyl (C=O) groups is 1. The van der Waals surface area contributed by atoms with Crippen LogP contribution in [-0.4, -0.2) is 16.5 Å². The molecule has 2 aromatic rings. The Morgan fingerprint density at radius 2 is 2.12 bits per heavy atom. The van der Waals surface area contributed by atoms with Crippen molar-refractivity contribution >= 4 is 29.1 Å². The van der Waals surface area contributed by atoms with Crippen molar-refractivity contribution in [2.75, 3.05) is 5.75 Å². The van der Waals surface area contributed by atoms with Gasteiger partial charge in [0.25, 0.3) is 0 Å². The Balaban J connectivity index is 2.02. The van der Waals surface area contributed by atoms with Gasteiger partial charge >= 0.3 is 0 Å². The molecule has 0 saturated heterocycles. The summed E-state index contributed by atoms with van der Waals surface area (Å²) in [6, 6.07) is 13.1. The van der Waals surface area contributed by atoms with E-state index in [1.807, 2.05) is 18.2 Å². The van der Waals surface area contributed by atoms with Crippen LogP contribution in [0.3, 0.4) is 0 Å². The van der Waals surface area contributed by atoms with Crippen molar-refractivity contribution in [3.63, 3.8) is 0 Å². The van der Waals surface area contributed by atoms with E-state index in [0.29, 0.717) is 33.7 Å². The molecule has 3 nitrogen and oxygen atoms in total. The largest absolute Gasteiger partial charge is 0.298 e. The molecule has 0 N–H and O–H groups in total. The van der Waals surface area contributed by atoms with Crippen molar-refractivity contribution in [3.05, 3.63) is 58.2 Å². The van der Waals surface area contributed by atoms with E-state index in [-0.39, 0.29) is 5.78 Å². The van der Waals surface area contributed by atoms with Crippen LogP contribution in [0.2, 0.25) is 5.02 Å². The van der Waals surface area contributed by atoms with Crippen molar-refractivity contribution in [2.24, 2.45) is 5.92 Å². The van der Waals surface area contributed by atoms with Crippen molar-refractivity contribution in [2.45, 2.75) is 31.7 Å². The molecule has 0 aliphatic heterocycles. The van der Waals surface area contributed by atoms with E-state index in [9.17, 15) is 10.1 Å².